The SMILES string of the molecule is CNc1ccc(C(=O)[N+](=S)C2CCC(Nc3cccc4nc(C(F)F)cn34)CC2)cc1. The van der Waals surface area contributed by atoms with Crippen LogP contribution in [-0.4, -0.2) is 38.4 Å². The Hall–Kier alpha value is -2.94. The summed E-state index contributed by atoms with van der Waals surface area (Å²) < 4.78 is 29.1. The van der Waals surface area contributed by atoms with Crippen molar-refractivity contribution in [2.45, 2.75) is 44.2 Å². The monoisotopic (exact) mass is 444 g/mol. The number of carbonyl (C=O) groups is 1. The first-order valence-electron chi connectivity index (χ1n) is 10.3. The molecule has 2 heterocycles. The average molecular weight is 445 g/mol. The Labute approximate surface area is 184 Å². The number of imidazole rings is 1. The number of rotatable bonds is 6. The maximum absolute atomic E-state index is 13.0. The molecule has 0 saturated heterocycles. The molecule has 6 nitrogen and oxygen atoms in total. The number of benzene rings is 1. The van der Waals surface area contributed by atoms with Crippen molar-refractivity contribution in [3.05, 3.63) is 59.9 Å². The van der Waals surface area contributed by atoms with Crippen LogP contribution in [0.2, 0.25) is 0 Å². The third kappa shape index (κ3) is 4.56. The van der Waals surface area contributed by atoms with Gasteiger partial charge in [0, 0.05) is 37.8 Å². The molecule has 1 amide bonds. The fraction of sp³-hybridized carbons (Fsp3) is 0.364. The zero-order valence-electron chi connectivity index (χ0n) is 17.1. The van der Waals surface area contributed by atoms with Gasteiger partial charge in [0.15, 0.2) is 6.04 Å². The zero-order valence-corrected chi connectivity index (χ0v) is 17.9. The third-order valence-corrected chi connectivity index (χ3v) is 6.20. The van der Waals surface area contributed by atoms with Crippen molar-refractivity contribution in [1.29, 1.82) is 0 Å². The highest BCUT2D eigenvalue weighted by Crippen LogP contribution is 2.26. The summed E-state index contributed by atoms with van der Waals surface area (Å²) in [7, 11) is 1.83. The number of aromatic nitrogens is 2. The van der Waals surface area contributed by atoms with Gasteiger partial charge < -0.3 is 10.6 Å². The van der Waals surface area contributed by atoms with Crippen LogP contribution in [0, 0.1) is 0 Å². The molecule has 2 N–H and O–H groups in total. The number of hydrogen-bond donors (Lipinski definition) is 2. The number of nitrogens with zero attached hydrogens (tertiary/aromatic N) is 3. The van der Waals surface area contributed by atoms with Gasteiger partial charge in [-0.2, -0.15) is 0 Å². The molecule has 3 aromatic rings. The summed E-state index contributed by atoms with van der Waals surface area (Å²) in [5.74, 6) is 0.577. The van der Waals surface area contributed by atoms with E-state index in [1.54, 1.807) is 28.7 Å². The number of alkyl halides is 2. The number of halogens is 2. The van der Waals surface area contributed by atoms with Gasteiger partial charge in [-0.3, -0.25) is 4.40 Å². The molecule has 162 valence electrons. The number of amides is 1. The number of fused-ring (bicyclic) bond motifs is 1. The van der Waals surface area contributed by atoms with Gasteiger partial charge in [0.05, 0.1) is 5.56 Å². The lowest BCUT2D eigenvalue weighted by Crippen LogP contribution is -2.37. The molecule has 0 aliphatic heterocycles. The lowest BCUT2D eigenvalue weighted by atomic mass is 9.91. The van der Waals surface area contributed by atoms with E-state index in [4.69, 9.17) is 12.4 Å². The molecule has 4 rings (SSSR count). The van der Waals surface area contributed by atoms with Crippen molar-refractivity contribution in [3.8, 4) is 0 Å². The summed E-state index contributed by atoms with van der Waals surface area (Å²) in [6, 6.07) is 12.8. The Kier molecular flexibility index (Phi) is 6.22. The van der Waals surface area contributed by atoms with E-state index < -0.39 is 6.43 Å². The molecule has 31 heavy (non-hydrogen) atoms. The van der Waals surface area contributed by atoms with Gasteiger partial charge >= 0.3 is 5.91 Å². The van der Waals surface area contributed by atoms with E-state index in [1.807, 2.05) is 25.2 Å². The Morgan fingerprint density at radius 1 is 1.16 bits per heavy atom. The second-order valence-electron chi connectivity index (χ2n) is 7.71. The van der Waals surface area contributed by atoms with Crippen LogP contribution in [0.1, 0.15) is 48.2 Å². The third-order valence-electron chi connectivity index (χ3n) is 5.74. The second kappa shape index (κ2) is 9.05. The summed E-state index contributed by atoms with van der Waals surface area (Å²) in [6.07, 6.45) is 1.99. The van der Waals surface area contributed by atoms with E-state index in [1.165, 1.54) is 10.1 Å². The highest BCUT2D eigenvalue weighted by atomic mass is 32.1. The van der Waals surface area contributed by atoms with E-state index in [9.17, 15) is 13.6 Å². The highest BCUT2D eigenvalue weighted by Gasteiger charge is 2.34. The molecular weight excluding hydrogens is 420 g/mol. The van der Waals surface area contributed by atoms with Crippen LogP contribution in [0.4, 0.5) is 20.3 Å². The molecule has 1 aliphatic rings. The molecule has 0 bridgehead atoms. The molecule has 0 spiro atoms. The van der Waals surface area contributed by atoms with E-state index in [-0.39, 0.29) is 23.7 Å². The molecule has 0 radical (unpaired) electrons. The van der Waals surface area contributed by atoms with Crippen LogP contribution in [0.25, 0.3) is 5.65 Å². The van der Waals surface area contributed by atoms with E-state index >= 15 is 0 Å². The number of carbonyl (C=O) groups excluding carboxylic acids is 1. The minimum atomic E-state index is -2.60. The normalized spacial score (nSPS) is 18.8. The van der Waals surface area contributed by atoms with Crippen LogP contribution < -0.4 is 10.6 Å². The van der Waals surface area contributed by atoms with Crippen LogP contribution in [0.15, 0.2) is 48.7 Å². The maximum Gasteiger partial charge on any atom is 0.433 e. The lowest BCUT2D eigenvalue weighted by molar-refractivity contribution is -0.448. The number of hydrogen-bond acceptors (Lipinski definition) is 5. The van der Waals surface area contributed by atoms with Crippen molar-refractivity contribution < 1.29 is 17.5 Å². The molecule has 1 fully saturated rings. The highest BCUT2D eigenvalue weighted by molar-refractivity contribution is 7.44. The Balaban J connectivity index is 1.38. The predicted octanol–water partition coefficient (Wildman–Crippen LogP) is 4.62. The molecule has 2 aromatic heterocycles. The fourth-order valence-corrected chi connectivity index (χ4v) is 4.30. The molecule has 1 aliphatic carbocycles. The smallest absolute Gasteiger partial charge is 0.388 e. The molecule has 1 saturated carbocycles. The number of anilines is 2. The first-order chi connectivity index (χ1) is 15.0. The number of pyridine rings is 1. The zero-order chi connectivity index (χ0) is 22.0. The summed E-state index contributed by atoms with van der Waals surface area (Å²) >= 11 is 5.45. The first kappa shape index (κ1) is 21.3. The largest absolute Gasteiger partial charge is 0.433 e. The molecule has 0 atom stereocenters. The summed E-state index contributed by atoms with van der Waals surface area (Å²) in [5.41, 5.74) is 1.77. The summed E-state index contributed by atoms with van der Waals surface area (Å²) in [6.45, 7) is 0. The van der Waals surface area contributed by atoms with Gasteiger partial charge in [-0.25, -0.2) is 18.6 Å². The standard InChI is InChI=1S/C22H23F2N5OS/c1-25-15-7-5-14(6-8-15)22(30)29(31)17-11-9-16(10-12-17)26-19-3-2-4-20-27-18(21(23)24)13-28(19)20/h2-8,13,16-17,21H,9-12H2,1H3,(H-,25,26,27,30)/p+1. The molecule has 1 aromatic carbocycles. The Morgan fingerprint density at radius 3 is 2.52 bits per heavy atom. The maximum atomic E-state index is 13.0. The predicted molar refractivity (Wildman–Crippen MR) is 118 cm³/mol. The van der Waals surface area contributed by atoms with E-state index in [2.05, 4.69) is 15.6 Å². The van der Waals surface area contributed by atoms with Gasteiger partial charge in [0.1, 0.15) is 17.2 Å². The van der Waals surface area contributed by atoms with Crippen molar-refractivity contribution in [2.75, 3.05) is 17.7 Å². The Bertz CT molecular complexity index is 1090. The van der Waals surface area contributed by atoms with Gasteiger partial charge in [0.2, 0.25) is 0 Å². The van der Waals surface area contributed by atoms with Crippen molar-refractivity contribution in [2.24, 2.45) is 0 Å². The van der Waals surface area contributed by atoms with Gasteiger partial charge in [-0.05, 0) is 49.2 Å². The first-order valence-corrected chi connectivity index (χ1v) is 10.6. The number of nitrogens with one attached hydrogen (secondary N) is 2. The Morgan fingerprint density at radius 2 is 1.87 bits per heavy atom. The molecule has 0 unspecified atom stereocenters. The summed E-state index contributed by atoms with van der Waals surface area (Å²) in [5, 5.41) is 6.47. The van der Waals surface area contributed by atoms with Gasteiger partial charge in [-0.15, -0.1) is 0 Å². The van der Waals surface area contributed by atoms with E-state index in [0.29, 0.717) is 11.2 Å². The fourth-order valence-electron chi connectivity index (χ4n) is 3.99. The minimum absolute atomic E-state index is 0.000926. The van der Waals surface area contributed by atoms with Crippen molar-refractivity contribution in [1.82, 2.24) is 9.38 Å². The topological polar surface area (TPSA) is 61.4 Å². The lowest BCUT2D eigenvalue weighted by Gasteiger charge is -2.26. The molecular formula is C22H24F2N5OS+. The van der Waals surface area contributed by atoms with Gasteiger partial charge in [-0.1, -0.05) is 10.0 Å². The van der Waals surface area contributed by atoms with Gasteiger partial charge in [0.25, 0.3) is 18.9 Å². The van der Waals surface area contributed by atoms with Crippen molar-refractivity contribution in [3.63, 3.8) is 0 Å². The minimum Gasteiger partial charge on any atom is -0.388 e. The van der Waals surface area contributed by atoms with Crippen LogP contribution >= 0.6 is 0 Å². The van der Waals surface area contributed by atoms with Crippen LogP contribution in [-0.2, 0) is 12.4 Å². The van der Waals surface area contributed by atoms with Crippen LogP contribution in [0.3, 0.4) is 0 Å². The second-order valence-corrected chi connectivity index (χ2v) is 8.11. The quantitative estimate of drug-likeness (QED) is 0.544. The summed E-state index contributed by atoms with van der Waals surface area (Å²) in [4.78, 5) is 16.7. The van der Waals surface area contributed by atoms with Crippen LogP contribution in [0.5, 0.6) is 0 Å². The average Bonchev–Trinajstić information content (AvgIpc) is 3.25. The van der Waals surface area contributed by atoms with Crippen molar-refractivity contribution >= 4 is 35.5 Å². The molecule has 9 heteroatoms. The van der Waals surface area contributed by atoms with E-state index in [0.717, 1.165) is 37.2 Å².